The third-order valence-electron chi connectivity index (χ3n) is 4.37. The maximum Gasteiger partial charge on any atom is 0.242 e. The molecule has 4 nitrogen and oxygen atoms in total. The number of rotatable bonds is 7. The molecule has 2 aliphatic rings. The third kappa shape index (κ3) is 2.93. The van der Waals surface area contributed by atoms with Gasteiger partial charge < -0.3 is 5.11 Å². The zero-order chi connectivity index (χ0) is 14.3. The van der Waals surface area contributed by atoms with Crippen molar-refractivity contribution in [1.29, 1.82) is 0 Å². The van der Waals surface area contributed by atoms with Crippen molar-refractivity contribution in [3.05, 3.63) is 15.8 Å². The average Bonchev–Trinajstić information content (AvgIpc) is 3.29. The summed E-state index contributed by atoms with van der Waals surface area (Å²) in [7, 11) is -3.50. The van der Waals surface area contributed by atoms with E-state index in [1.165, 1.54) is 37.0 Å². The quantitative estimate of drug-likeness (QED) is 0.811. The molecule has 0 radical (unpaired) electrons. The number of hydrogen-bond acceptors (Lipinski definition) is 4. The van der Waals surface area contributed by atoms with E-state index in [9.17, 15) is 13.5 Å². The summed E-state index contributed by atoms with van der Waals surface area (Å²) in [6.45, 7) is 2.12. The number of thiophene rings is 1. The highest BCUT2D eigenvalue weighted by Crippen LogP contribution is 2.49. The van der Waals surface area contributed by atoms with E-state index in [4.69, 9.17) is 0 Å². The summed E-state index contributed by atoms with van der Waals surface area (Å²) in [5, 5.41) is 11.1. The molecule has 2 saturated carbocycles. The molecule has 112 valence electrons. The minimum Gasteiger partial charge on any atom is -0.391 e. The van der Waals surface area contributed by atoms with Crippen LogP contribution < -0.4 is 4.72 Å². The molecule has 3 rings (SSSR count). The maximum atomic E-state index is 12.5. The monoisotopic (exact) mass is 315 g/mol. The Bertz CT molecular complexity index is 574. The van der Waals surface area contributed by atoms with Gasteiger partial charge in [0.15, 0.2) is 0 Å². The van der Waals surface area contributed by atoms with E-state index in [1.54, 1.807) is 12.3 Å². The molecular weight excluding hydrogens is 294 g/mol. The van der Waals surface area contributed by atoms with Crippen LogP contribution in [0.4, 0.5) is 0 Å². The molecule has 0 saturated heterocycles. The van der Waals surface area contributed by atoms with Crippen molar-refractivity contribution in [3.8, 4) is 0 Å². The summed E-state index contributed by atoms with van der Waals surface area (Å²) >= 11 is 1.31. The summed E-state index contributed by atoms with van der Waals surface area (Å²) in [6, 6.07) is 0. The zero-order valence-electron chi connectivity index (χ0n) is 11.6. The van der Waals surface area contributed by atoms with Crippen LogP contribution in [0.15, 0.2) is 10.3 Å². The van der Waals surface area contributed by atoms with Crippen molar-refractivity contribution >= 4 is 21.4 Å². The molecule has 0 amide bonds. The lowest BCUT2D eigenvalue weighted by Crippen LogP contribution is -2.31. The van der Waals surface area contributed by atoms with Gasteiger partial charge >= 0.3 is 0 Å². The molecule has 0 aliphatic heterocycles. The van der Waals surface area contributed by atoms with Crippen LogP contribution in [-0.2, 0) is 16.6 Å². The number of aliphatic hydroxyl groups excluding tert-OH is 1. The van der Waals surface area contributed by atoms with Gasteiger partial charge in [0.25, 0.3) is 0 Å². The largest absolute Gasteiger partial charge is 0.391 e. The van der Waals surface area contributed by atoms with Gasteiger partial charge in [-0.3, -0.25) is 0 Å². The molecule has 0 aromatic carbocycles. The summed E-state index contributed by atoms with van der Waals surface area (Å²) < 4.78 is 27.7. The molecule has 1 aromatic heterocycles. The van der Waals surface area contributed by atoms with Crippen LogP contribution in [0, 0.1) is 24.7 Å². The lowest BCUT2D eigenvalue weighted by atomic mass is 9.99. The normalized spacial score (nSPS) is 19.8. The highest BCUT2D eigenvalue weighted by molar-refractivity contribution is 7.89. The molecule has 0 bridgehead atoms. The maximum absolute atomic E-state index is 12.5. The van der Waals surface area contributed by atoms with Crippen molar-refractivity contribution in [2.24, 2.45) is 17.8 Å². The predicted molar refractivity (Wildman–Crippen MR) is 79.1 cm³/mol. The zero-order valence-corrected chi connectivity index (χ0v) is 13.3. The number of nitrogens with one attached hydrogen (secondary N) is 1. The first kappa shape index (κ1) is 14.5. The Hall–Kier alpha value is -0.430. The highest BCUT2D eigenvalue weighted by Gasteiger charge is 2.41. The standard InChI is InChI=1S/C14H21NO3S2/c1-9-8-19-13(7-16)14(9)20(17,18)15-6-12(10-2-3-10)11-4-5-11/h8,10-12,15-16H,2-7H2,1H3. The minimum absolute atomic E-state index is 0.219. The first-order valence-corrected chi connectivity index (χ1v) is 9.56. The fraction of sp³-hybridized carbons (Fsp3) is 0.714. The number of sulfonamides is 1. The number of aliphatic hydroxyl groups is 1. The van der Waals surface area contributed by atoms with Crippen molar-refractivity contribution in [2.45, 2.75) is 44.1 Å². The first-order valence-electron chi connectivity index (χ1n) is 7.20. The topological polar surface area (TPSA) is 66.4 Å². The molecule has 0 spiro atoms. The first-order chi connectivity index (χ1) is 9.53. The van der Waals surface area contributed by atoms with E-state index in [0.717, 1.165) is 17.4 Å². The van der Waals surface area contributed by atoms with Crippen molar-refractivity contribution in [1.82, 2.24) is 4.72 Å². The van der Waals surface area contributed by atoms with Gasteiger partial charge in [-0.1, -0.05) is 0 Å². The molecule has 2 N–H and O–H groups in total. The molecule has 20 heavy (non-hydrogen) atoms. The Morgan fingerprint density at radius 3 is 2.45 bits per heavy atom. The third-order valence-corrected chi connectivity index (χ3v) is 7.24. The van der Waals surface area contributed by atoms with E-state index in [0.29, 0.717) is 17.3 Å². The van der Waals surface area contributed by atoms with Crippen LogP contribution in [0.5, 0.6) is 0 Å². The van der Waals surface area contributed by atoms with Gasteiger partial charge in [0.05, 0.1) is 11.5 Å². The lowest BCUT2D eigenvalue weighted by Gasteiger charge is -2.16. The highest BCUT2D eigenvalue weighted by atomic mass is 32.2. The van der Waals surface area contributed by atoms with E-state index >= 15 is 0 Å². The van der Waals surface area contributed by atoms with E-state index in [1.807, 2.05) is 0 Å². The second-order valence-electron chi connectivity index (χ2n) is 6.02. The van der Waals surface area contributed by atoms with E-state index in [-0.39, 0.29) is 11.5 Å². The summed E-state index contributed by atoms with van der Waals surface area (Å²) in [6.07, 6.45) is 5.01. The molecule has 0 unspecified atom stereocenters. The van der Waals surface area contributed by atoms with Gasteiger partial charge in [-0.15, -0.1) is 11.3 Å². The fourth-order valence-electron chi connectivity index (χ4n) is 3.00. The Morgan fingerprint density at radius 1 is 1.35 bits per heavy atom. The van der Waals surface area contributed by atoms with Gasteiger partial charge in [0, 0.05) is 6.54 Å². The molecule has 1 heterocycles. The number of aryl methyl sites for hydroxylation is 1. The SMILES string of the molecule is Cc1csc(CO)c1S(=O)(=O)NCC(C1CC1)C1CC1. The Balaban J connectivity index is 1.73. The smallest absolute Gasteiger partial charge is 0.242 e. The van der Waals surface area contributed by atoms with E-state index < -0.39 is 10.0 Å². The van der Waals surface area contributed by atoms with Crippen LogP contribution in [-0.4, -0.2) is 20.1 Å². The van der Waals surface area contributed by atoms with Crippen molar-refractivity contribution in [2.75, 3.05) is 6.54 Å². The van der Waals surface area contributed by atoms with Crippen molar-refractivity contribution < 1.29 is 13.5 Å². The van der Waals surface area contributed by atoms with Gasteiger partial charge in [0.1, 0.15) is 4.90 Å². The molecule has 0 atom stereocenters. The number of hydrogen-bond donors (Lipinski definition) is 2. The Labute approximate surface area is 124 Å². The molecule has 6 heteroatoms. The lowest BCUT2D eigenvalue weighted by molar-refractivity contribution is 0.282. The van der Waals surface area contributed by atoms with Crippen LogP contribution in [0.1, 0.15) is 36.1 Å². The van der Waals surface area contributed by atoms with Crippen molar-refractivity contribution in [3.63, 3.8) is 0 Å². The Morgan fingerprint density at radius 2 is 1.95 bits per heavy atom. The van der Waals surface area contributed by atoms with Gasteiger partial charge in [-0.25, -0.2) is 13.1 Å². The molecule has 2 fully saturated rings. The minimum atomic E-state index is -3.50. The second-order valence-corrected chi connectivity index (χ2v) is 8.69. The summed E-state index contributed by atoms with van der Waals surface area (Å²) in [4.78, 5) is 0.819. The summed E-state index contributed by atoms with van der Waals surface area (Å²) in [5.41, 5.74) is 0.723. The van der Waals surface area contributed by atoms with Gasteiger partial charge in [-0.05, 0) is 61.3 Å². The average molecular weight is 315 g/mol. The van der Waals surface area contributed by atoms with Crippen LogP contribution in [0.3, 0.4) is 0 Å². The Kier molecular flexibility index (Phi) is 3.92. The van der Waals surface area contributed by atoms with E-state index in [2.05, 4.69) is 4.72 Å². The van der Waals surface area contributed by atoms with Crippen LogP contribution >= 0.6 is 11.3 Å². The van der Waals surface area contributed by atoms with Gasteiger partial charge in [0.2, 0.25) is 10.0 Å². The van der Waals surface area contributed by atoms with Crippen LogP contribution in [0.2, 0.25) is 0 Å². The molecular formula is C14H21NO3S2. The van der Waals surface area contributed by atoms with Crippen LogP contribution in [0.25, 0.3) is 0 Å². The van der Waals surface area contributed by atoms with Gasteiger partial charge in [-0.2, -0.15) is 0 Å². The second kappa shape index (κ2) is 5.40. The molecule has 1 aromatic rings. The fourth-order valence-corrected chi connectivity index (χ4v) is 5.73. The molecule has 2 aliphatic carbocycles. The summed E-state index contributed by atoms with van der Waals surface area (Å²) in [5.74, 6) is 1.97. The predicted octanol–water partition coefficient (Wildman–Crippen LogP) is 2.26.